The molecule has 0 radical (unpaired) electrons. The number of hydrogen-bond donors (Lipinski definition) is 3. The van der Waals surface area contributed by atoms with Gasteiger partial charge in [0, 0.05) is 37.3 Å². The van der Waals surface area contributed by atoms with Crippen LogP contribution in [0.1, 0.15) is 17.9 Å². The molecule has 1 aromatic heterocycles. The molecular formula is C18H19N7O5. The Morgan fingerprint density at radius 2 is 2.10 bits per heavy atom. The first kappa shape index (κ1) is 19.5. The molecule has 0 bridgehead atoms. The standard InChI is InChI=1S/C18H19N7O5/c19-15-14-12(17(27)20-10-2-1-3-11(8-10)25(28)29)9-13(26)21-16(14)23-18(22-15)24-4-6-30-7-5-24/h1-3,8,12H,4-7,9H2,(H,20,27)(H3,19,21,22,23,26)/t12-/m0/s1. The highest BCUT2D eigenvalue weighted by Gasteiger charge is 2.35. The second-order valence-corrected chi connectivity index (χ2v) is 6.87. The average Bonchev–Trinajstić information content (AvgIpc) is 2.73. The summed E-state index contributed by atoms with van der Waals surface area (Å²) >= 11 is 0. The number of hydrogen-bond acceptors (Lipinski definition) is 9. The van der Waals surface area contributed by atoms with Crippen LogP contribution in [0.25, 0.3) is 0 Å². The van der Waals surface area contributed by atoms with Gasteiger partial charge in [-0.3, -0.25) is 19.7 Å². The van der Waals surface area contributed by atoms with Crippen LogP contribution in [0.2, 0.25) is 0 Å². The van der Waals surface area contributed by atoms with Crippen molar-refractivity contribution in [3.63, 3.8) is 0 Å². The maximum Gasteiger partial charge on any atom is 0.271 e. The van der Waals surface area contributed by atoms with Gasteiger partial charge in [-0.1, -0.05) is 6.07 Å². The third-order valence-corrected chi connectivity index (χ3v) is 4.89. The van der Waals surface area contributed by atoms with Crippen molar-refractivity contribution in [2.45, 2.75) is 12.3 Å². The second-order valence-electron chi connectivity index (χ2n) is 6.87. The predicted molar refractivity (Wildman–Crippen MR) is 107 cm³/mol. The van der Waals surface area contributed by atoms with E-state index in [-0.39, 0.29) is 35.3 Å². The number of amides is 2. The van der Waals surface area contributed by atoms with Crippen molar-refractivity contribution in [3.8, 4) is 0 Å². The van der Waals surface area contributed by atoms with Crippen molar-refractivity contribution in [2.75, 3.05) is 47.6 Å². The fourth-order valence-corrected chi connectivity index (χ4v) is 3.44. The van der Waals surface area contributed by atoms with Gasteiger partial charge in [0.1, 0.15) is 11.6 Å². The minimum Gasteiger partial charge on any atom is -0.383 e. The van der Waals surface area contributed by atoms with E-state index < -0.39 is 16.7 Å². The lowest BCUT2D eigenvalue weighted by Gasteiger charge is -2.30. The van der Waals surface area contributed by atoms with Crippen molar-refractivity contribution >= 4 is 40.8 Å². The molecule has 1 aromatic carbocycles. The molecule has 4 N–H and O–H groups in total. The van der Waals surface area contributed by atoms with E-state index in [0.29, 0.717) is 37.8 Å². The Labute approximate surface area is 170 Å². The normalized spacial score (nSPS) is 18.3. The van der Waals surface area contributed by atoms with Crippen LogP contribution in [0.4, 0.5) is 29.0 Å². The molecule has 30 heavy (non-hydrogen) atoms. The summed E-state index contributed by atoms with van der Waals surface area (Å²) in [5.41, 5.74) is 6.56. The number of aromatic nitrogens is 2. The van der Waals surface area contributed by atoms with E-state index >= 15 is 0 Å². The third-order valence-electron chi connectivity index (χ3n) is 4.89. The van der Waals surface area contributed by atoms with E-state index in [9.17, 15) is 19.7 Å². The molecule has 1 fully saturated rings. The molecule has 0 unspecified atom stereocenters. The summed E-state index contributed by atoms with van der Waals surface area (Å²) in [6.07, 6.45) is -0.141. The molecule has 12 nitrogen and oxygen atoms in total. The molecule has 1 atom stereocenters. The summed E-state index contributed by atoms with van der Waals surface area (Å²) in [5, 5.41) is 16.2. The van der Waals surface area contributed by atoms with Crippen molar-refractivity contribution in [1.82, 2.24) is 9.97 Å². The summed E-state index contributed by atoms with van der Waals surface area (Å²) in [7, 11) is 0. The fraction of sp³-hybridized carbons (Fsp3) is 0.333. The van der Waals surface area contributed by atoms with Crippen LogP contribution in [0.15, 0.2) is 24.3 Å². The Hall–Kier alpha value is -3.80. The topological polar surface area (TPSA) is 166 Å². The third kappa shape index (κ3) is 3.85. The Kier molecular flexibility index (Phi) is 5.14. The highest BCUT2D eigenvalue weighted by molar-refractivity contribution is 6.05. The van der Waals surface area contributed by atoms with E-state index in [0.717, 1.165) is 0 Å². The zero-order chi connectivity index (χ0) is 21.3. The van der Waals surface area contributed by atoms with Crippen molar-refractivity contribution in [2.24, 2.45) is 0 Å². The predicted octanol–water partition coefficient (Wildman–Crippen LogP) is 0.868. The summed E-state index contributed by atoms with van der Waals surface area (Å²) in [6.45, 7) is 2.23. The van der Waals surface area contributed by atoms with Crippen LogP contribution in [0.5, 0.6) is 0 Å². The first-order valence-electron chi connectivity index (χ1n) is 9.27. The Morgan fingerprint density at radius 1 is 1.33 bits per heavy atom. The van der Waals surface area contributed by atoms with Gasteiger partial charge in [0.25, 0.3) is 5.69 Å². The molecule has 3 heterocycles. The molecule has 2 aliphatic heterocycles. The van der Waals surface area contributed by atoms with Crippen LogP contribution < -0.4 is 21.3 Å². The van der Waals surface area contributed by atoms with Crippen LogP contribution in [0.3, 0.4) is 0 Å². The quantitative estimate of drug-likeness (QED) is 0.487. The zero-order valence-electron chi connectivity index (χ0n) is 15.8. The van der Waals surface area contributed by atoms with Crippen LogP contribution >= 0.6 is 0 Å². The fourth-order valence-electron chi connectivity index (χ4n) is 3.44. The summed E-state index contributed by atoms with van der Waals surface area (Å²) in [5.74, 6) is -1.18. The highest BCUT2D eigenvalue weighted by atomic mass is 16.6. The lowest BCUT2D eigenvalue weighted by molar-refractivity contribution is -0.384. The average molecular weight is 413 g/mol. The molecule has 2 aromatic rings. The SMILES string of the molecule is Nc1nc(N2CCOCC2)nc2c1[C@@H](C(=O)Nc1cccc([N+](=O)[O-])c1)CC(=O)N2. The lowest BCUT2D eigenvalue weighted by Crippen LogP contribution is -2.38. The number of morpholine rings is 1. The molecule has 2 aliphatic rings. The molecular weight excluding hydrogens is 394 g/mol. The minimum absolute atomic E-state index is 0.0979. The van der Waals surface area contributed by atoms with E-state index in [1.54, 1.807) is 0 Å². The minimum atomic E-state index is -0.924. The van der Waals surface area contributed by atoms with Gasteiger partial charge >= 0.3 is 0 Å². The Morgan fingerprint density at radius 3 is 2.83 bits per heavy atom. The number of ether oxygens (including phenoxy) is 1. The number of nitro groups is 1. The number of nitrogens with zero attached hydrogens (tertiary/aromatic N) is 4. The van der Waals surface area contributed by atoms with Crippen LogP contribution in [0, 0.1) is 10.1 Å². The summed E-state index contributed by atoms with van der Waals surface area (Å²) in [6, 6.07) is 5.54. The number of fused-ring (bicyclic) bond motifs is 1. The van der Waals surface area contributed by atoms with E-state index in [1.165, 1.54) is 24.3 Å². The summed E-state index contributed by atoms with van der Waals surface area (Å²) < 4.78 is 5.32. The summed E-state index contributed by atoms with van der Waals surface area (Å²) in [4.78, 5) is 46.1. The number of rotatable bonds is 4. The number of carbonyl (C=O) groups excluding carboxylic acids is 2. The molecule has 1 saturated heterocycles. The van der Waals surface area contributed by atoms with Crippen LogP contribution in [-0.4, -0.2) is 53.0 Å². The van der Waals surface area contributed by atoms with Gasteiger partial charge < -0.3 is 26.0 Å². The number of nitrogens with one attached hydrogen (secondary N) is 2. The van der Waals surface area contributed by atoms with Crippen molar-refractivity contribution in [3.05, 3.63) is 39.9 Å². The van der Waals surface area contributed by atoms with Crippen molar-refractivity contribution in [1.29, 1.82) is 0 Å². The Bertz CT molecular complexity index is 1020. The molecule has 0 spiro atoms. The zero-order valence-corrected chi connectivity index (χ0v) is 15.8. The first-order valence-corrected chi connectivity index (χ1v) is 9.27. The number of anilines is 4. The number of nitrogens with two attached hydrogens (primary N) is 1. The first-order chi connectivity index (χ1) is 14.4. The second kappa shape index (κ2) is 7.91. The monoisotopic (exact) mass is 413 g/mol. The maximum atomic E-state index is 12.9. The van der Waals surface area contributed by atoms with Gasteiger partial charge in [0.05, 0.1) is 29.6 Å². The molecule has 0 saturated carbocycles. The van der Waals surface area contributed by atoms with E-state index in [2.05, 4.69) is 20.6 Å². The van der Waals surface area contributed by atoms with E-state index in [4.69, 9.17) is 10.5 Å². The number of carbonyl (C=O) groups is 2. The molecule has 12 heteroatoms. The lowest BCUT2D eigenvalue weighted by atomic mass is 9.92. The van der Waals surface area contributed by atoms with Gasteiger partial charge in [0.2, 0.25) is 17.8 Å². The molecule has 0 aliphatic carbocycles. The molecule has 156 valence electrons. The maximum absolute atomic E-state index is 12.9. The number of nitrogen functional groups attached to an aromatic ring is 1. The van der Waals surface area contributed by atoms with Gasteiger partial charge in [-0.25, -0.2) is 0 Å². The van der Waals surface area contributed by atoms with Crippen LogP contribution in [-0.2, 0) is 14.3 Å². The number of nitro benzene ring substituents is 1. The smallest absolute Gasteiger partial charge is 0.271 e. The largest absolute Gasteiger partial charge is 0.383 e. The number of benzene rings is 1. The highest BCUT2D eigenvalue weighted by Crippen LogP contribution is 2.36. The van der Waals surface area contributed by atoms with E-state index in [1.807, 2.05) is 4.90 Å². The van der Waals surface area contributed by atoms with Gasteiger partial charge in [-0.05, 0) is 6.07 Å². The van der Waals surface area contributed by atoms with Crippen molar-refractivity contribution < 1.29 is 19.2 Å². The van der Waals surface area contributed by atoms with Gasteiger partial charge in [-0.15, -0.1) is 0 Å². The Balaban J connectivity index is 1.62. The molecule has 4 rings (SSSR count). The number of non-ortho nitro benzene ring substituents is 1. The van der Waals surface area contributed by atoms with Gasteiger partial charge in [0.15, 0.2) is 0 Å². The molecule has 2 amide bonds. The van der Waals surface area contributed by atoms with Gasteiger partial charge in [-0.2, -0.15) is 9.97 Å².